The van der Waals surface area contributed by atoms with Crippen LogP contribution in [0, 0.1) is 0 Å². The van der Waals surface area contributed by atoms with Gasteiger partial charge in [-0.1, -0.05) is 67.7 Å². The average Bonchev–Trinajstić information content (AvgIpc) is 3.36. The lowest BCUT2D eigenvalue weighted by Crippen LogP contribution is -1.91. The standard InChI is InChI=1S/C22H32O3/c1-2-20-21(25-20)18-16-14-12-10-8-6-4-3-5-7-9-11-13-15-17-19-22(23)24/h3-4,7-10,13-16,20-21H,2,5-6,11-12,17-19H2,1H3,(H,23,24). The lowest BCUT2D eigenvalue weighted by molar-refractivity contribution is -0.136. The van der Waals surface area contributed by atoms with Gasteiger partial charge >= 0.3 is 5.97 Å². The Hall–Kier alpha value is -1.87. The zero-order valence-electron chi connectivity index (χ0n) is 15.3. The van der Waals surface area contributed by atoms with E-state index in [0.29, 0.717) is 18.6 Å². The van der Waals surface area contributed by atoms with Crippen LogP contribution in [0.3, 0.4) is 0 Å². The molecule has 1 N–H and O–H groups in total. The molecule has 1 rings (SSSR count). The normalized spacial score (nSPS) is 20.8. The number of carboxylic acids is 1. The van der Waals surface area contributed by atoms with Crippen molar-refractivity contribution in [3.63, 3.8) is 0 Å². The Morgan fingerprint density at radius 2 is 1.28 bits per heavy atom. The van der Waals surface area contributed by atoms with Crippen LogP contribution >= 0.6 is 0 Å². The van der Waals surface area contributed by atoms with E-state index in [1.807, 2.05) is 12.2 Å². The van der Waals surface area contributed by atoms with Crippen LogP contribution in [0.25, 0.3) is 0 Å². The second kappa shape index (κ2) is 14.5. The number of ether oxygens (including phenoxy) is 1. The van der Waals surface area contributed by atoms with E-state index < -0.39 is 5.97 Å². The number of carboxylic acid groups (broad SMARTS) is 1. The van der Waals surface area contributed by atoms with Crippen molar-refractivity contribution >= 4 is 5.97 Å². The summed E-state index contributed by atoms with van der Waals surface area (Å²) in [6.07, 6.45) is 29.1. The van der Waals surface area contributed by atoms with E-state index in [-0.39, 0.29) is 6.42 Å². The molecule has 1 aliphatic heterocycles. The van der Waals surface area contributed by atoms with Crippen molar-refractivity contribution in [1.29, 1.82) is 0 Å². The minimum atomic E-state index is -0.742. The Morgan fingerprint density at radius 3 is 1.72 bits per heavy atom. The third-order valence-electron chi connectivity index (χ3n) is 3.91. The van der Waals surface area contributed by atoms with E-state index in [0.717, 1.165) is 38.5 Å². The van der Waals surface area contributed by atoms with E-state index in [2.05, 4.69) is 55.5 Å². The van der Waals surface area contributed by atoms with E-state index in [1.54, 1.807) is 0 Å². The van der Waals surface area contributed by atoms with Gasteiger partial charge in [0.1, 0.15) is 0 Å². The fourth-order valence-corrected chi connectivity index (χ4v) is 2.38. The molecule has 0 saturated carbocycles. The van der Waals surface area contributed by atoms with Crippen LogP contribution in [-0.2, 0) is 9.53 Å². The Bertz CT molecular complexity index is 497. The highest BCUT2D eigenvalue weighted by atomic mass is 16.6. The van der Waals surface area contributed by atoms with Gasteiger partial charge in [0, 0.05) is 6.42 Å². The summed E-state index contributed by atoms with van der Waals surface area (Å²) in [6, 6.07) is 0. The molecule has 138 valence electrons. The molecular weight excluding hydrogens is 312 g/mol. The maximum atomic E-state index is 10.3. The third kappa shape index (κ3) is 13.1. The van der Waals surface area contributed by atoms with Crippen molar-refractivity contribution < 1.29 is 14.6 Å². The first-order chi connectivity index (χ1) is 12.2. The lowest BCUT2D eigenvalue weighted by Gasteiger charge is -1.87. The summed E-state index contributed by atoms with van der Waals surface area (Å²) in [5.41, 5.74) is 0. The average molecular weight is 344 g/mol. The summed E-state index contributed by atoms with van der Waals surface area (Å²) < 4.78 is 5.49. The van der Waals surface area contributed by atoms with Crippen LogP contribution < -0.4 is 0 Å². The number of hydrogen-bond donors (Lipinski definition) is 1. The van der Waals surface area contributed by atoms with Crippen molar-refractivity contribution in [3.05, 3.63) is 60.8 Å². The predicted molar refractivity (Wildman–Crippen MR) is 105 cm³/mol. The van der Waals surface area contributed by atoms with Crippen molar-refractivity contribution in [1.82, 2.24) is 0 Å². The molecule has 1 saturated heterocycles. The van der Waals surface area contributed by atoms with Gasteiger partial charge in [0.2, 0.25) is 0 Å². The van der Waals surface area contributed by atoms with Gasteiger partial charge in [0.15, 0.2) is 0 Å². The molecule has 1 aliphatic rings. The molecule has 0 aromatic rings. The van der Waals surface area contributed by atoms with Crippen molar-refractivity contribution in [3.8, 4) is 0 Å². The van der Waals surface area contributed by atoms with Crippen LogP contribution in [0.2, 0.25) is 0 Å². The maximum Gasteiger partial charge on any atom is 0.303 e. The van der Waals surface area contributed by atoms with Crippen LogP contribution in [-0.4, -0.2) is 23.3 Å². The van der Waals surface area contributed by atoms with E-state index >= 15 is 0 Å². The maximum absolute atomic E-state index is 10.3. The number of rotatable bonds is 14. The first-order valence-electron chi connectivity index (χ1n) is 9.36. The Kier molecular flexibility index (Phi) is 12.3. The van der Waals surface area contributed by atoms with Crippen LogP contribution in [0.15, 0.2) is 60.8 Å². The fourth-order valence-electron chi connectivity index (χ4n) is 2.38. The van der Waals surface area contributed by atoms with Gasteiger partial charge in [-0.05, 0) is 44.9 Å². The number of aliphatic carboxylic acids is 1. The summed E-state index contributed by atoms with van der Waals surface area (Å²) in [5, 5.41) is 8.50. The van der Waals surface area contributed by atoms with Crippen LogP contribution in [0.5, 0.6) is 0 Å². The number of hydrogen-bond acceptors (Lipinski definition) is 2. The molecule has 0 radical (unpaired) electrons. The predicted octanol–water partition coefficient (Wildman–Crippen LogP) is 5.76. The molecular formula is C22H32O3. The first-order valence-corrected chi connectivity index (χ1v) is 9.36. The summed E-state index contributed by atoms with van der Waals surface area (Å²) in [4.78, 5) is 10.3. The number of carbonyl (C=O) groups is 1. The number of allylic oxidation sites excluding steroid dienone is 9. The smallest absolute Gasteiger partial charge is 0.303 e. The summed E-state index contributed by atoms with van der Waals surface area (Å²) in [6.45, 7) is 2.17. The minimum Gasteiger partial charge on any atom is -0.481 e. The second-order valence-corrected chi connectivity index (χ2v) is 6.09. The zero-order valence-corrected chi connectivity index (χ0v) is 15.3. The van der Waals surface area contributed by atoms with Gasteiger partial charge in [-0.3, -0.25) is 4.79 Å². The molecule has 0 bridgehead atoms. The highest BCUT2D eigenvalue weighted by molar-refractivity contribution is 5.66. The van der Waals surface area contributed by atoms with Gasteiger partial charge in [-0.25, -0.2) is 0 Å². The molecule has 1 heterocycles. The molecule has 0 aromatic heterocycles. The third-order valence-corrected chi connectivity index (χ3v) is 3.91. The van der Waals surface area contributed by atoms with Crippen molar-refractivity contribution in [2.24, 2.45) is 0 Å². The van der Waals surface area contributed by atoms with Gasteiger partial charge < -0.3 is 9.84 Å². The Morgan fingerprint density at radius 1 is 0.800 bits per heavy atom. The summed E-state index contributed by atoms with van der Waals surface area (Å²) in [7, 11) is 0. The van der Waals surface area contributed by atoms with Gasteiger partial charge in [0.25, 0.3) is 0 Å². The van der Waals surface area contributed by atoms with Gasteiger partial charge in [-0.15, -0.1) is 0 Å². The molecule has 3 nitrogen and oxygen atoms in total. The highest BCUT2D eigenvalue weighted by Gasteiger charge is 2.35. The van der Waals surface area contributed by atoms with Gasteiger partial charge in [-0.2, -0.15) is 0 Å². The fraction of sp³-hybridized carbons (Fsp3) is 0.500. The quantitative estimate of drug-likeness (QED) is 0.322. The largest absolute Gasteiger partial charge is 0.481 e. The highest BCUT2D eigenvalue weighted by Crippen LogP contribution is 2.28. The molecule has 0 aliphatic carbocycles. The molecule has 0 amide bonds. The topological polar surface area (TPSA) is 49.8 Å². The van der Waals surface area contributed by atoms with Crippen molar-refractivity contribution in [2.45, 2.75) is 70.5 Å². The summed E-state index contributed by atoms with van der Waals surface area (Å²) >= 11 is 0. The molecule has 3 heteroatoms. The molecule has 0 aromatic carbocycles. The monoisotopic (exact) mass is 344 g/mol. The lowest BCUT2D eigenvalue weighted by atomic mass is 10.2. The van der Waals surface area contributed by atoms with Crippen molar-refractivity contribution in [2.75, 3.05) is 0 Å². The van der Waals surface area contributed by atoms with E-state index in [4.69, 9.17) is 9.84 Å². The van der Waals surface area contributed by atoms with Gasteiger partial charge in [0.05, 0.1) is 12.2 Å². The second-order valence-electron chi connectivity index (χ2n) is 6.09. The minimum absolute atomic E-state index is 0.209. The first kappa shape index (κ1) is 21.2. The zero-order chi connectivity index (χ0) is 18.2. The molecule has 1 fully saturated rings. The Labute approximate surface area is 152 Å². The summed E-state index contributed by atoms with van der Waals surface area (Å²) in [5.74, 6) is -0.742. The van der Waals surface area contributed by atoms with Crippen LogP contribution in [0.4, 0.5) is 0 Å². The number of epoxide rings is 1. The van der Waals surface area contributed by atoms with E-state index in [1.165, 1.54) is 0 Å². The molecule has 25 heavy (non-hydrogen) atoms. The van der Waals surface area contributed by atoms with E-state index in [9.17, 15) is 4.79 Å². The molecule has 2 atom stereocenters. The van der Waals surface area contributed by atoms with Crippen LogP contribution in [0.1, 0.15) is 58.3 Å². The molecule has 0 spiro atoms. The SMILES string of the molecule is CCC1OC1CC=CCC=CCC=CCC=CCC=CCCC(=O)O. The Balaban J connectivity index is 1.91. The molecule has 2 unspecified atom stereocenters.